The average Bonchev–Trinajstić information content (AvgIpc) is 2.47. The van der Waals surface area contributed by atoms with Crippen LogP contribution in [0.25, 0.3) is 0 Å². The number of rotatable bonds is 6. The monoisotopic (exact) mass is 276 g/mol. The van der Waals surface area contributed by atoms with Crippen LogP contribution in [-0.4, -0.2) is 35.7 Å². The number of aromatic hydroxyl groups is 1. The van der Waals surface area contributed by atoms with Crippen molar-refractivity contribution in [1.82, 2.24) is 10.2 Å². The summed E-state index contributed by atoms with van der Waals surface area (Å²) in [5, 5.41) is 13.0. The van der Waals surface area contributed by atoms with Gasteiger partial charge < -0.3 is 10.4 Å². The Morgan fingerprint density at radius 1 is 1.35 bits per heavy atom. The lowest BCUT2D eigenvalue weighted by Crippen LogP contribution is -2.44. The maximum atomic E-state index is 9.34. The van der Waals surface area contributed by atoms with Crippen molar-refractivity contribution >= 4 is 0 Å². The van der Waals surface area contributed by atoms with Crippen LogP contribution in [0, 0.1) is 5.92 Å². The van der Waals surface area contributed by atoms with Gasteiger partial charge in [0.05, 0.1) is 0 Å². The Morgan fingerprint density at radius 3 is 2.80 bits per heavy atom. The molecule has 0 saturated carbocycles. The van der Waals surface area contributed by atoms with E-state index in [1.165, 1.54) is 37.9 Å². The summed E-state index contributed by atoms with van der Waals surface area (Å²) in [7, 11) is 0. The quantitative estimate of drug-likeness (QED) is 0.838. The molecule has 0 spiro atoms. The summed E-state index contributed by atoms with van der Waals surface area (Å²) in [5.41, 5.74) is 1.29. The zero-order valence-corrected chi connectivity index (χ0v) is 12.8. The molecule has 1 aromatic rings. The van der Waals surface area contributed by atoms with Crippen molar-refractivity contribution in [3.8, 4) is 5.75 Å². The minimum atomic E-state index is 0.350. The first-order chi connectivity index (χ1) is 9.69. The number of phenols is 1. The van der Waals surface area contributed by atoms with Crippen LogP contribution in [0.15, 0.2) is 24.3 Å². The first-order valence-corrected chi connectivity index (χ1v) is 7.92. The zero-order valence-electron chi connectivity index (χ0n) is 12.8. The Labute approximate surface area is 123 Å². The highest BCUT2D eigenvalue weighted by atomic mass is 16.3. The molecule has 1 aliphatic heterocycles. The number of likely N-dealkylation sites (tertiary alicyclic amines) is 1. The summed E-state index contributed by atoms with van der Waals surface area (Å²) in [6.07, 6.45) is 3.83. The van der Waals surface area contributed by atoms with E-state index in [2.05, 4.69) is 24.1 Å². The van der Waals surface area contributed by atoms with Crippen LogP contribution in [0.5, 0.6) is 5.75 Å². The Hall–Kier alpha value is -1.06. The highest BCUT2D eigenvalue weighted by molar-refractivity contribution is 5.25. The van der Waals surface area contributed by atoms with Gasteiger partial charge in [0, 0.05) is 19.1 Å². The molecule has 0 radical (unpaired) electrons. The molecule has 1 saturated heterocycles. The standard InChI is InChI=1S/C17H28N2O/c1-3-10-18-14(2)16-5-4-11-19(13-16)12-15-6-8-17(20)9-7-15/h6-9,14,16,18,20H,3-5,10-13H2,1-2H3. The molecule has 20 heavy (non-hydrogen) atoms. The molecule has 0 aromatic heterocycles. The Balaban J connectivity index is 1.85. The predicted molar refractivity (Wildman–Crippen MR) is 83.9 cm³/mol. The highest BCUT2D eigenvalue weighted by Gasteiger charge is 2.24. The van der Waals surface area contributed by atoms with Gasteiger partial charge in [-0.2, -0.15) is 0 Å². The number of phenolic OH excluding ortho intramolecular Hbond substituents is 1. The second-order valence-corrected chi connectivity index (χ2v) is 6.05. The largest absolute Gasteiger partial charge is 0.508 e. The van der Waals surface area contributed by atoms with Gasteiger partial charge in [-0.3, -0.25) is 4.90 Å². The molecule has 0 aliphatic carbocycles. The molecular weight excluding hydrogens is 248 g/mol. The van der Waals surface area contributed by atoms with E-state index in [1.54, 1.807) is 12.1 Å². The van der Waals surface area contributed by atoms with Crippen LogP contribution in [-0.2, 0) is 6.54 Å². The molecule has 1 heterocycles. The molecule has 2 rings (SSSR count). The molecule has 0 bridgehead atoms. The molecule has 1 fully saturated rings. The maximum Gasteiger partial charge on any atom is 0.115 e. The van der Waals surface area contributed by atoms with Crippen LogP contribution < -0.4 is 5.32 Å². The normalized spacial score (nSPS) is 21.8. The van der Waals surface area contributed by atoms with Crippen molar-refractivity contribution in [3.63, 3.8) is 0 Å². The zero-order chi connectivity index (χ0) is 14.4. The summed E-state index contributed by atoms with van der Waals surface area (Å²) in [6.45, 7) is 9.03. The van der Waals surface area contributed by atoms with Crippen LogP contribution in [0.3, 0.4) is 0 Å². The van der Waals surface area contributed by atoms with E-state index in [0.717, 1.165) is 19.0 Å². The Kier molecular flexibility index (Phi) is 5.86. The van der Waals surface area contributed by atoms with Crippen LogP contribution in [0.1, 0.15) is 38.7 Å². The summed E-state index contributed by atoms with van der Waals surface area (Å²) in [5.74, 6) is 1.11. The molecule has 112 valence electrons. The molecular formula is C17H28N2O. The van der Waals surface area contributed by atoms with Gasteiger partial charge in [0.1, 0.15) is 5.75 Å². The molecule has 1 aliphatic rings. The summed E-state index contributed by atoms with van der Waals surface area (Å²) < 4.78 is 0. The third kappa shape index (κ3) is 4.50. The smallest absolute Gasteiger partial charge is 0.115 e. The number of hydrogen-bond acceptors (Lipinski definition) is 3. The van der Waals surface area contributed by atoms with Crippen molar-refractivity contribution in [1.29, 1.82) is 0 Å². The number of nitrogens with one attached hydrogen (secondary N) is 1. The van der Waals surface area contributed by atoms with E-state index in [-0.39, 0.29) is 0 Å². The molecule has 2 unspecified atom stereocenters. The van der Waals surface area contributed by atoms with Gasteiger partial charge in [0.25, 0.3) is 0 Å². The van der Waals surface area contributed by atoms with Crippen LogP contribution in [0.4, 0.5) is 0 Å². The van der Waals surface area contributed by atoms with E-state index < -0.39 is 0 Å². The van der Waals surface area contributed by atoms with Gasteiger partial charge in [-0.15, -0.1) is 0 Å². The fourth-order valence-corrected chi connectivity index (χ4v) is 3.04. The fourth-order valence-electron chi connectivity index (χ4n) is 3.04. The van der Waals surface area contributed by atoms with Crippen molar-refractivity contribution in [3.05, 3.63) is 29.8 Å². The highest BCUT2D eigenvalue weighted by Crippen LogP contribution is 2.22. The van der Waals surface area contributed by atoms with Gasteiger partial charge in [0.2, 0.25) is 0 Å². The lowest BCUT2D eigenvalue weighted by Gasteiger charge is -2.36. The lowest BCUT2D eigenvalue weighted by molar-refractivity contribution is 0.144. The second kappa shape index (κ2) is 7.65. The van der Waals surface area contributed by atoms with Crippen molar-refractivity contribution < 1.29 is 5.11 Å². The predicted octanol–water partition coefficient (Wildman–Crippen LogP) is 2.99. The van der Waals surface area contributed by atoms with Crippen LogP contribution >= 0.6 is 0 Å². The molecule has 0 amide bonds. The summed E-state index contributed by atoms with van der Waals surface area (Å²) in [6, 6.07) is 8.22. The topological polar surface area (TPSA) is 35.5 Å². The molecule has 1 aromatic carbocycles. The third-order valence-electron chi connectivity index (χ3n) is 4.31. The maximum absolute atomic E-state index is 9.34. The van der Waals surface area contributed by atoms with Gasteiger partial charge in [-0.05, 0) is 62.9 Å². The van der Waals surface area contributed by atoms with E-state index in [1.807, 2.05) is 12.1 Å². The third-order valence-corrected chi connectivity index (χ3v) is 4.31. The molecule has 2 N–H and O–H groups in total. The summed E-state index contributed by atoms with van der Waals surface area (Å²) in [4.78, 5) is 2.55. The molecule has 3 nitrogen and oxygen atoms in total. The lowest BCUT2D eigenvalue weighted by atomic mass is 9.91. The second-order valence-electron chi connectivity index (χ2n) is 6.05. The van der Waals surface area contributed by atoms with Crippen molar-refractivity contribution in [2.45, 2.75) is 45.7 Å². The fraction of sp³-hybridized carbons (Fsp3) is 0.647. The molecule has 3 heteroatoms. The van der Waals surface area contributed by atoms with Gasteiger partial charge in [0.15, 0.2) is 0 Å². The number of piperidine rings is 1. The van der Waals surface area contributed by atoms with E-state index in [4.69, 9.17) is 0 Å². The average molecular weight is 276 g/mol. The SMILES string of the molecule is CCCNC(C)C1CCCN(Cc2ccc(O)cc2)C1. The first-order valence-electron chi connectivity index (χ1n) is 7.92. The van der Waals surface area contributed by atoms with Gasteiger partial charge in [-0.25, -0.2) is 0 Å². The number of hydrogen-bond donors (Lipinski definition) is 2. The van der Waals surface area contributed by atoms with E-state index >= 15 is 0 Å². The summed E-state index contributed by atoms with van der Waals surface area (Å²) >= 11 is 0. The minimum absolute atomic E-state index is 0.350. The number of benzene rings is 1. The van der Waals surface area contributed by atoms with Gasteiger partial charge >= 0.3 is 0 Å². The van der Waals surface area contributed by atoms with E-state index in [0.29, 0.717) is 11.8 Å². The minimum Gasteiger partial charge on any atom is -0.508 e. The Bertz CT molecular complexity index is 390. The van der Waals surface area contributed by atoms with E-state index in [9.17, 15) is 5.11 Å². The first kappa shape index (κ1) is 15.3. The Morgan fingerprint density at radius 2 is 2.10 bits per heavy atom. The molecule has 2 atom stereocenters. The van der Waals surface area contributed by atoms with Gasteiger partial charge in [-0.1, -0.05) is 19.1 Å². The number of nitrogens with zero attached hydrogens (tertiary/aromatic N) is 1. The van der Waals surface area contributed by atoms with Crippen molar-refractivity contribution in [2.75, 3.05) is 19.6 Å². The van der Waals surface area contributed by atoms with Crippen molar-refractivity contribution in [2.24, 2.45) is 5.92 Å². The van der Waals surface area contributed by atoms with Crippen LogP contribution in [0.2, 0.25) is 0 Å².